The standard InChI is InChI=1S/C15H22N2O4S/c1-21-13-7-5-12(6-8-13)9-10-16-15(18)14-4-3-11-17(14)22(2,19)20/h5-8,14H,3-4,9-11H2,1-2H3,(H,16,18). The quantitative estimate of drug-likeness (QED) is 0.838. The topological polar surface area (TPSA) is 75.7 Å². The normalized spacial score (nSPS) is 19.1. The first-order valence-electron chi connectivity index (χ1n) is 7.29. The minimum atomic E-state index is -3.32. The summed E-state index contributed by atoms with van der Waals surface area (Å²) in [5.74, 6) is 0.582. The summed E-state index contributed by atoms with van der Waals surface area (Å²) < 4.78 is 29.7. The molecule has 0 bridgehead atoms. The van der Waals surface area contributed by atoms with Crippen molar-refractivity contribution in [1.29, 1.82) is 0 Å². The molecule has 0 aliphatic carbocycles. The number of rotatable bonds is 6. The van der Waals surface area contributed by atoms with Crippen LogP contribution in [0.1, 0.15) is 18.4 Å². The van der Waals surface area contributed by atoms with E-state index in [1.165, 1.54) is 4.31 Å². The minimum Gasteiger partial charge on any atom is -0.497 e. The van der Waals surface area contributed by atoms with Gasteiger partial charge in [-0.1, -0.05) is 12.1 Å². The van der Waals surface area contributed by atoms with Crippen molar-refractivity contribution in [1.82, 2.24) is 9.62 Å². The van der Waals surface area contributed by atoms with E-state index in [0.29, 0.717) is 25.9 Å². The average molecular weight is 326 g/mol. The molecule has 1 heterocycles. The van der Waals surface area contributed by atoms with Gasteiger partial charge in [0.05, 0.1) is 13.4 Å². The third kappa shape index (κ3) is 4.20. The van der Waals surface area contributed by atoms with E-state index in [1.54, 1.807) is 7.11 Å². The Morgan fingerprint density at radius 2 is 2.05 bits per heavy atom. The number of hydrogen-bond acceptors (Lipinski definition) is 4. The van der Waals surface area contributed by atoms with Crippen molar-refractivity contribution in [2.45, 2.75) is 25.3 Å². The third-order valence-electron chi connectivity index (χ3n) is 3.80. The van der Waals surface area contributed by atoms with Crippen LogP contribution in [0.3, 0.4) is 0 Å². The van der Waals surface area contributed by atoms with Crippen LogP contribution in [0.4, 0.5) is 0 Å². The smallest absolute Gasteiger partial charge is 0.238 e. The molecule has 1 amide bonds. The van der Waals surface area contributed by atoms with Crippen molar-refractivity contribution in [2.75, 3.05) is 26.5 Å². The summed E-state index contributed by atoms with van der Waals surface area (Å²) in [4.78, 5) is 12.2. The summed E-state index contributed by atoms with van der Waals surface area (Å²) in [6.07, 6.45) is 3.16. The van der Waals surface area contributed by atoms with Crippen LogP contribution in [0.15, 0.2) is 24.3 Å². The summed E-state index contributed by atoms with van der Waals surface area (Å²) in [5, 5.41) is 2.83. The molecule has 6 nitrogen and oxygen atoms in total. The summed E-state index contributed by atoms with van der Waals surface area (Å²) >= 11 is 0. The van der Waals surface area contributed by atoms with Crippen molar-refractivity contribution >= 4 is 15.9 Å². The minimum absolute atomic E-state index is 0.212. The Hall–Kier alpha value is -1.60. The molecule has 1 unspecified atom stereocenters. The van der Waals surface area contributed by atoms with E-state index >= 15 is 0 Å². The lowest BCUT2D eigenvalue weighted by molar-refractivity contribution is -0.124. The zero-order chi connectivity index (χ0) is 16.2. The van der Waals surface area contributed by atoms with E-state index in [4.69, 9.17) is 4.74 Å². The highest BCUT2D eigenvalue weighted by Gasteiger charge is 2.36. The maximum atomic E-state index is 12.2. The summed E-state index contributed by atoms with van der Waals surface area (Å²) in [7, 11) is -1.71. The Balaban J connectivity index is 1.84. The Morgan fingerprint density at radius 3 is 2.64 bits per heavy atom. The molecule has 0 spiro atoms. The van der Waals surface area contributed by atoms with Gasteiger partial charge in [0.25, 0.3) is 0 Å². The van der Waals surface area contributed by atoms with Gasteiger partial charge in [-0.3, -0.25) is 4.79 Å². The van der Waals surface area contributed by atoms with E-state index in [2.05, 4.69) is 5.32 Å². The van der Waals surface area contributed by atoms with E-state index < -0.39 is 16.1 Å². The summed E-state index contributed by atoms with van der Waals surface area (Å²) in [6.45, 7) is 0.911. The highest BCUT2D eigenvalue weighted by molar-refractivity contribution is 7.88. The van der Waals surface area contributed by atoms with Gasteiger partial charge < -0.3 is 10.1 Å². The van der Waals surface area contributed by atoms with E-state index in [9.17, 15) is 13.2 Å². The Bertz CT molecular complexity index is 613. The van der Waals surface area contributed by atoms with Gasteiger partial charge in [-0.05, 0) is 37.0 Å². The highest BCUT2D eigenvalue weighted by atomic mass is 32.2. The average Bonchev–Trinajstić information content (AvgIpc) is 2.97. The van der Waals surface area contributed by atoms with Crippen LogP contribution in [0.2, 0.25) is 0 Å². The first-order valence-corrected chi connectivity index (χ1v) is 9.14. The van der Waals surface area contributed by atoms with E-state index in [0.717, 1.165) is 24.0 Å². The molecular weight excluding hydrogens is 304 g/mol. The number of hydrogen-bond donors (Lipinski definition) is 1. The number of carbonyl (C=O) groups is 1. The van der Waals surface area contributed by atoms with E-state index in [-0.39, 0.29) is 5.91 Å². The molecule has 0 aromatic heterocycles. The molecule has 1 aromatic rings. The van der Waals surface area contributed by atoms with Crippen LogP contribution in [-0.2, 0) is 21.2 Å². The summed E-state index contributed by atoms with van der Waals surface area (Å²) in [5.41, 5.74) is 1.09. The molecule has 22 heavy (non-hydrogen) atoms. The fourth-order valence-electron chi connectivity index (χ4n) is 2.64. The van der Waals surface area contributed by atoms with Gasteiger partial charge in [0.1, 0.15) is 11.8 Å². The van der Waals surface area contributed by atoms with Crippen molar-refractivity contribution in [2.24, 2.45) is 0 Å². The van der Waals surface area contributed by atoms with Crippen LogP contribution in [0.25, 0.3) is 0 Å². The second-order valence-corrected chi connectivity index (χ2v) is 7.36. The number of nitrogens with zero attached hydrogens (tertiary/aromatic N) is 1. The SMILES string of the molecule is COc1ccc(CCNC(=O)C2CCCN2S(C)(=O)=O)cc1. The number of methoxy groups -OCH3 is 1. The van der Waals surface area contributed by atoms with Crippen molar-refractivity contribution in [3.05, 3.63) is 29.8 Å². The fourth-order valence-corrected chi connectivity index (χ4v) is 3.76. The lowest BCUT2D eigenvalue weighted by atomic mass is 10.1. The molecule has 1 atom stereocenters. The van der Waals surface area contributed by atoms with Crippen LogP contribution in [0, 0.1) is 0 Å². The number of sulfonamides is 1. The second kappa shape index (κ2) is 7.11. The fraction of sp³-hybridized carbons (Fsp3) is 0.533. The third-order valence-corrected chi connectivity index (χ3v) is 5.09. The maximum Gasteiger partial charge on any atom is 0.238 e. The largest absolute Gasteiger partial charge is 0.497 e. The van der Waals surface area contributed by atoms with Gasteiger partial charge in [0.15, 0.2) is 0 Å². The van der Waals surface area contributed by atoms with Crippen LogP contribution in [0.5, 0.6) is 5.75 Å². The highest BCUT2D eigenvalue weighted by Crippen LogP contribution is 2.20. The zero-order valence-electron chi connectivity index (χ0n) is 12.9. The molecule has 1 N–H and O–H groups in total. The number of benzene rings is 1. The molecule has 1 saturated heterocycles. The van der Waals surface area contributed by atoms with Crippen molar-refractivity contribution < 1.29 is 17.9 Å². The Morgan fingerprint density at radius 1 is 1.36 bits per heavy atom. The number of nitrogens with one attached hydrogen (secondary N) is 1. The van der Waals surface area contributed by atoms with Gasteiger partial charge in [0, 0.05) is 13.1 Å². The second-order valence-electron chi connectivity index (χ2n) is 5.42. The Kier molecular flexibility index (Phi) is 5.42. The molecular formula is C15H22N2O4S. The maximum absolute atomic E-state index is 12.2. The van der Waals surface area contributed by atoms with Gasteiger partial charge in [-0.15, -0.1) is 0 Å². The number of ether oxygens (including phenoxy) is 1. The predicted molar refractivity (Wildman–Crippen MR) is 84.3 cm³/mol. The molecule has 1 fully saturated rings. The van der Waals surface area contributed by atoms with Crippen LogP contribution < -0.4 is 10.1 Å². The molecule has 1 aromatic carbocycles. The Labute approximate surface area is 131 Å². The lowest BCUT2D eigenvalue weighted by Crippen LogP contribution is -2.45. The van der Waals surface area contributed by atoms with E-state index in [1.807, 2.05) is 24.3 Å². The van der Waals surface area contributed by atoms with Crippen LogP contribution >= 0.6 is 0 Å². The molecule has 1 aliphatic heterocycles. The molecule has 0 radical (unpaired) electrons. The first kappa shape index (κ1) is 16.8. The van der Waals surface area contributed by atoms with Gasteiger partial charge in [-0.25, -0.2) is 8.42 Å². The number of carbonyl (C=O) groups excluding carboxylic acids is 1. The van der Waals surface area contributed by atoms with Gasteiger partial charge >= 0.3 is 0 Å². The van der Waals surface area contributed by atoms with Gasteiger partial charge in [-0.2, -0.15) is 4.31 Å². The van der Waals surface area contributed by atoms with Crippen LogP contribution in [-0.4, -0.2) is 51.1 Å². The van der Waals surface area contributed by atoms with Gasteiger partial charge in [0.2, 0.25) is 15.9 Å². The molecule has 7 heteroatoms. The monoisotopic (exact) mass is 326 g/mol. The lowest BCUT2D eigenvalue weighted by Gasteiger charge is -2.21. The molecule has 122 valence electrons. The predicted octanol–water partition coefficient (Wildman–Crippen LogP) is 0.778. The first-order chi connectivity index (χ1) is 10.4. The molecule has 1 aliphatic rings. The zero-order valence-corrected chi connectivity index (χ0v) is 13.7. The molecule has 0 saturated carbocycles. The summed E-state index contributed by atoms with van der Waals surface area (Å²) in [6, 6.07) is 7.08. The number of amides is 1. The van der Waals surface area contributed by atoms with Crippen molar-refractivity contribution in [3.63, 3.8) is 0 Å². The van der Waals surface area contributed by atoms with Crippen molar-refractivity contribution in [3.8, 4) is 5.75 Å². The molecule has 2 rings (SSSR count).